The Balaban J connectivity index is 2.33. The summed E-state index contributed by atoms with van der Waals surface area (Å²) >= 11 is 0. The third kappa shape index (κ3) is 4.11. The van der Waals surface area contributed by atoms with Crippen molar-refractivity contribution in [2.24, 2.45) is 11.8 Å². The van der Waals surface area contributed by atoms with Crippen LogP contribution in [0.1, 0.15) is 32.1 Å². The number of aliphatic hydroxyl groups excluding tert-OH is 1. The fourth-order valence-electron chi connectivity index (χ4n) is 2.32. The summed E-state index contributed by atoms with van der Waals surface area (Å²) in [5.74, 6) is -1.03. The number of aliphatic carboxylic acids is 1. The Morgan fingerprint density at radius 3 is 2.78 bits per heavy atom. The molecule has 0 heterocycles. The van der Waals surface area contributed by atoms with E-state index >= 15 is 0 Å². The van der Waals surface area contributed by atoms with Gasteiger partial charge in [0.15, 0.2) is 0 Å². The van der Waals surface area contributed by atoms with Gasteiger partial charge in [-0.25, -0.2) is 0 Å². The van der Waals surface area contributed by atoms with Gasteiger partial charge in [-0.05, 0) is 19.3 Å². The molecule has 100 valence electrons. The number of carbonyl (C=O) groups excluding carboxylic acids is 1. The molecule has 1 rings (SSSR count). The van der Waals surface area contributed by atoms with Crippen LogP contribution in [0.3, 0.4) is 0 Å². The Morgan fingerprint density at radius 1 is 1.44 bits per heavy atom. The van der Waals surface area contributed by atoms with Gasteiger partial charge in [-0.1, -0.05) is 18.2 Å². The van der Waals surface area contributed by atoms with Crippen molar-refractivity contribution in [3.8, 4) is 0 Å². The van der Waals surface area contributed by atoms with Gasteiger partial charge >= 0.3 is 5.97 Å². The SMILES string of the molecule is C=C[C@H]1[C@H](O)CC(=O)[C@@H]1C/C=C\CCCC(=O)O. The molecule has 1 fully saturated rings. The lowest BCUT2D eigenvalue weighted by atomic mass is 9.91. The van der Waals surface area contributed by atoms with Gasteiger partial charge in [-0.15, -0.1) is 6.58 Å². The molecule has 0 aromatic carbocycles. The van der Waals surface area contributed by atoms with Crippen molar-refractivity contribution in [2.75, 3.05) is 0 Å². The predicted molar refractivity (Wildman–Crippen MR) is 68.1 cm³/mol. The van der Waals surface area contributed by atoms with Gasteiger partial charge in [0.2, 0.25) is 0 Å². The number of Topliss-reactive ketones (excluding diaryl/α,β-unsaturated/α-hetero) is 1. The number of allylic oxidation sites excluding steroid dienone is 2. The van der Waals surface area contributed by atoms with Gasteiger partial charge in [0, 0.05) is 24.7 Å². The molecule has 18 heavy (non-hydrogen) atoms. The number of carbonyl (C=O) groups is 2. The zero-order valence-corrected chi connectivity index (χ0v) is 10.4. The zero-order chi connectivity index (χ0) is 13.5. The normalized spacial score (nSPS) is 27.8. The second-order valence-corrected chi connectivity index (χ2v) is 4.65. The van der Waals surface area contributed by atoms with E-state index in [-0.39, 0.29) is 30.5 Å². The van der Waals surface area contributed by atoms with Gasteiger partial charge in [0.25, 0.3) is 0 Å². The molecule has 0 aliphatic heterocycles. The van der Waals surface area contributed by atoms with E-state index in [4.69, 9.17) is 5.11 Å². The summed E-state index contributed by atoms with van der Waals surface area (Å²) in [7, 11) is 0. The first-order chi connectivity index (χ1) is 8.56. The van der Waals surface area contributed by atoms with Crippen molar-refractivity contribution < 1.29 is 19.8 Å². The van der Waals surface area contributed by atoms with Crippen LogP contribution < -0.4 is 0 Å². The van der Waals surface area contributed by atoms with E-state index in [1.54, 1.807) is 6.08 Å². The van der Waals surface area contributed by atoms with Gasteiger partial charge in [-0.3, -0.25) is 9.59 Å². The molecule has 2 N–H and O–H groups in total. The zero-order valence-electron chi connectivity index (χ0n) is 10.4. The van der Waals surface area contributed by atoms with Gasteiger partial charge < -0.3 is 10.2 Å². The Bertz CT molecular complexity index is 346. The van der Waals surface area contributed by atoms with Crippen molar-refractivity contribution in [1.29, 1.82) is 0 Å². The average Bonchev–Trinajstić information content (AvgIpc) is 2.57. The first-order valence-corrected chi connectivity index (χ1v) is 6.26. The molecule has 1 aliphatic rings. The van der Waals surface area contributed by atoms with Crippen molar-refractivity contribution in [2.45, 2.75) is 38.2 Å². The summed E-state index contributed by atoms with van der Waals surface area (Å²) < 4.78 is 0. The molecule has 0 unspecified atom stereocenters. The largest absolute Gasteiger partial charge is 0.481 e. The number of aliphatic hydroxyl groups is 1. The Morgan fingerprint density at radius 2 is 2.17 bits per heavy atom. The first kappa shape index (κ1) is 14.6. The number of carboxylic acids is 1. The molecular formula is C14H20O4. The van der Waals surface area contributed by atoms with Crippen LogP contribution in [0, 0.1) is 11.8 Å². The van der Waals surface area contributed by atoms with E-state index in [0.717, 1.165) is 0 Å². The van der Waals surface area contributed by atoms with E-state index in [0.29, 0.717) is 19.3 Å². The maximum absolute atomic E-state index is 11.6. The third-order valence-electron chi connectivity index (χ3n) is 3.32. The number of ketones is 1. The van der Waals surface area contributed by atoms with Crippen LogP contribution in [0.15, 0.2) is 24.8 Å². The molecule has 4 heteroatoms. The first-order valence-electron chi connectivity index (χ1n) is 6.26. The highest BCUT2D eigenvalue weighted by Crippen LogP contribution is 2.32. The summed E-state index contributed by atoms with van der Waals surface area (Å²) in [6.45, 7) is 3.65. The van der Waals surface area contributed by atoms with Crippen LogP contribution in [-0.4, -0.2) is 28.1 Å². The molecule has 0 saturated heterocycles. The van der Waals surface area contributed by atoms with Crippen molar-refractivity contribution in [1.82, 2.24) is 0 Å². The molecule has 0 bridgehead atoms. The lowest BCUT2D eigenvalue weighted by Crippen LogP contribution is -2.17. The summed E-state index contributed by atoms with van der Waals surface area (Å²) in [6.07, 6.45) is 7.15. The van der Waals surface area contributed by atoms with Gasteiger partial charge in [-0.2, -0.15) is 0 Å². The molecule has 4 nitrogen and oxygen atoms in total. The number of rotatable bonds is 7. The fraction of sp³-hybridized carbons (Fsp3) is 0.571. The van der Waals surface area contributed by atoms with E-state index in [9.17, 15) is 14.7 Å². The number of hydrogen-bond acceptors (Lipinski definition) is 3. The molecule has 0 radical (unpaired) electrons. The van der Waals surface area contributed by atoms with E-state index in [2.05, 4.69) is 6.58 Å². The second kappa shape index (κ2) is 7.11. The van der Waals surface area contributed by atoms with E-state index < -0.39 is 12.1 Å². The van der Waals surface area contributed by atoms with Crippen LogP contribution in [0.2, 0.25) is 0 Å². The maximum atomic E-state index is 11.6. The molecule has 0 aromatic rings. The minimum atomic E-state index is -0.788. The van der Waals surface area contributed by atoms with Crippen LogP contribution >= 0.6 is 0 Å². The molecule has 1 saturated carbocycles. The molecule has 3 atom stereocenters. The number of hydrogen-bond donors (Lipinski definition) is 2. The summed E-state index contributed by atoms with van der Waals surface area (Å²) in [4.78, 5) is 21.9. The topological polar surface area (TPSA) is 74.6 Å². The highest BCUT2D eigenvalue weighted by molar-refractivity contribution is 5.84. The third-order valence-corrected chi connectivity index (χ3v) is 3.32. The van der Waals surface area contributed by atoms with Crippen LogP contribution in [0.25, 0.3) is 0 Å². The highest BCUT2D eigenvalue weighted by atomic mass is 16.4. The minimum Gasteiger partial charge on any atom is -0.481 e. The molecule has 0 aromatic heterocycles. The fourth-order valence-corrected chi connectivity index (χ4v) is 2.32. The monoisotopic (exact) mass is 252 g/mol. The van der Waals surface area contributed by atoms with Crippen molar-refractivity contribution >= 4 is 11.8 Å². The van der Waals surface area contributed by atoms with Crippen LogP contribution in [0.5, 0.6) is 0 Å². The Hall–Kier alpha value is -1.42. The highest BCUT2D eigenvalue weighted by Gasteiger charge is 2.38. The van der Waals surface area contributed by atoms with Crippen LogP contribution in [-0.2, 0) is 9.59 Å². The van der Waals surface area contributed by atoms with Crippen LogP contribution in [0.4, 0.5) is 0 Å². The standard InChI is InChI=1S/C14H20O4/c1-2-10-11(13(16)9-12(10)15)7-5-3-4-6-8-14(17)18/h2-3,5,10-12,15H,1,4,6-9H2,(H,17,18)/b5-3-/t10-,11-,12-/m1/s1. The summed E-state index contributed by atoms with van der Waals surface area (Å²) in [6, 6.07) is 0. The lowest BCUT2D eigenvalue weighted by molar-refractivity contribution is -0.137. The number of unbranched alkanes of at least 4 members (excludes halogenated alkanes) is 1. The Labute approximate surface area is 107 Å². The predicted octanol–water partition coefficient (Wildman–Crippen LogP) is 1.94. The van der Waals surface area contributed by atoms with E-state index in [1.165, 1.54) is 0 Å². The summed E-state index contributed by atoms with van der Waals surface area (Å²) in [5.41, 5.74) is 0. The van der Waals surface area contributed by atoms with Crippen molar-refractivity contribution in [3.05, 3.63) is 24.8 Å². The molecule has 0 spiro atoms. The quantitative estimate of drug-likeness (QED) is 0.536. The summed E-state index contributed by atoms with van der Waals surface area (Å²) in [5, 5.41) is 18.1. The van der Waals surface area contributed by atoms with Gasteiger partial charge in [0.05, 0.1) is 6.10 Å². The number of carboxylic acid groups (broad SMARTS) is 1. The molecule has 0 amide bonds. The lowest BCUT2D eigenvalue weighted by Gasteiger charge is -2.14. The Kier molecular flexibility index (Phi) is 5.78. The van der Waals surface area contributed by atoms with Crippen molar-refractivity contribution in [3.63, 3.8) is 0 Å². The smallest absolute Gasteiger partial charge is 0.303 e. The minimum absolute atomic E-state index is 0.0857. The second-order valence-electron chi connectivity index (χ2n) is 4.65. The molecule has 1 aliphatic carbocycles. The molecular weight excluding hydrogens is 232 g/mol. The van der Waals surface area contributed by atoms with E-state index in [1.807, 2.05) is 12.2 Å². The van der Waals surface area contributed by atoms with Gasteiger partial charge in [0.1, 0.15) is 5.78 Å². The maximum Gasteiger partial charge on any atom is 0.303 e. The average molecular weight is 252 g/mol.